The molecule has 1 aliphatic carbocycles. The Morgan fingerprint density at radius 1 is 1.19 bits per heavy atom. The number of carbonyl (C=O) groups is 1. The summed E-state index contributed by atoms with van der Waals surface area (Å²) in [7, 11) is -3.47. The summed E-state index contributed by atoms with van der Waals surface area (Å²) < 4.78 is 26.9. The van der Waals surface area contributed by atoms with Gasteiger partial charge in [-0.1, -0.05) is 17.7 Å². The predicted molar refractivity (Wildman–Crippen MR) is 100 cm³/mol. The smallest absolute Gasteiger partial charge is 0.243 e. The highest BCUT2D eigenvalue weighted by molar-refractivity contribution is 7.89. The fourth-order valence-electron chi connectivity index (χ4n) is 3.31. The van der Waals surface area contributed by atoms with Crippen LogP contribution in [0, 0.1) is 12.8 Å². The van der Waals surface area contributed by atoms with E-state index >= 15 is 0 Å². The lowest BCUT2D eigenvalue weighted by Crippen LogP contribution is -2.52. The van der Waals surface area contributed by atoms with Gasteiger partial charge in [-0.15, -0.1) is 0 Å². The Bertz CT molecular complexity index is 723. The first-order chi connectivity index (χ1) is 12.4. The van der Waals surface area contributed by atoms with Crippen LogP contribution in [-0.2, 0) is 14.8 Å². The highest BCUT2D eigenvalue weighted by Gasteiger charge is 2.32. The second-order valence-electron chi connectivity index (χ2n) is 7.24. The molecule has 7 nitrogen and oxygen atoms in total. The molecular formula is C18H28N4O3S. The Balaban J connectivity index is 1.50. The van der Waals surface area contributed by atoms with Gasteiger partial charge in [0, 0.05) is 38.8 Å². The lowest BCUT2D eigenvalue weighted by Gasteiger charge is -2.33. The second kappa shape index (κ2) is 8.04. The maximum Gasteiger partial charge on any atom is 0.243 e. The lowest BCUT2D eigenvalue weighted by molar-refractivity contribution is -0.123. The van der Waals surface area contributed by atoms with Crippen molar-refractivity contribution in [2.24, 2.45) is 11.7 Å². The predicted octanol–water partition coefficient (Wildman–Crippen LogP) is 0.155. The standard InChI is InChI=1S/C18H28N4O3S/c1-14-2-6-16(7-3-14)26(24,25)22-10-8-21(9-11-22)13-18(23)20-17(12-19)15-4-5-15/h2-3,6-7,15,17H,4-5,8-13,19H2,1H3,(H,20,23). The van der Waals surface area contributed by atoms with Gasteiger partial charge in [0.1, 0.15) is 0 Å². The van der Waals surface area contributed by atoms with Crippen molar-refractivity contribution in [1.29, 1.82) is 0 Å². The molecule has 2 aliphatic rings. The van der Waals surface area contributed by atoms with Gasteiger partial charge in [0.2, 0.25) is 15.9 Å². The van der Waals surface area contributed by atoms with Crippen molar-refractivity contribution in [1.82, 2.24) is 14.5 Å². The number of sulfonamides is 1. The van der Waals surface area contributed by atoms with E-state index < -0.39 is 10.0 Å². The highest BCUT2D eigenvalue weighted by atomic mass is 32.2. The lowest BCUT2D eigenvalue weighted by atomic mass is 10.2. The Kier molecular flexibility index (Phi) is 5.96. The highest BCUT2D eigenvalue weighted by Crippen LogP contribution is 2.32. The molecule has 1 unspecified atom stereocenters. The van der Waals surface area contributed by atoms with Gasteiger partial charge in [-0.3, -0.25) is 9.69 Å². The Morgan fingerprint density at radius 3 is 2.35 bits per heavy atom. The van der Waals surface area contributed by atoms with Gasteiger partial charge in [-0.05, 0) is 37.8 Å². The number of hydrogen-bond acceptors (Lipinski definition) is 5. The quantitative estimate of drug-likeness (QED) is 0.702. The Labute approximate surface area is 155 Å². The number of amides is 1. The number of carbonyl (C=O) groups excluding carboxylic acids is 1. The normalized spacial score (nSPS) is 20.7. The van der Waals surface area contributed by atoms with Gasteiger partial charge in [0.05, 0.1) is 11.4 Å². The first-order valence-corrected chi connectivity index (χ1v) is 10.6. The van der Waals surface area contributed by atoms with Gasteiger partial charge < -0.3 is 11.1 Å². The summed E-state index contributed by atoms with van der Waals surface area (Å²) in [5.41, 5.74) is 6.75. The molecule has 1 saturated heterocycles. The fourth-order valence-corrected chi connectivity index (χ4v) is 4.73. The number of nitrogens with zero attached hydrogens (tertiary/aromatic N) is 2. The number of benzene rings is 1. The first-order valence-electron chi connectivity index (χ1n) is 9.19. The third-order valence-corrected chi connectivity index (χ3v) is 7.06. The van der Waals surface area contributed by atoms with Crippen LogP contribution in [0.3, 0.4) is 0 Å². The summed E-state index contributed by atoms with van der Waals surface area (Å²) in [6.45, 7) is 4.59. The van der Waals surface area contributed by atoms with E-state index in [4.69, 9.17) is 5.73 Å². The molecule has 1 amide bonds. The van der Waals surface area contributed by atoms with Crippen molar-refractivity contribution in [3.63, 3.8) is 0 Å². The zero-order valence-corrected chi connectivity index (χ0v) is 16.0. The molecule has 1 atom stereocenters. The van der Waals surface area contributed by atoms with Crippen molar-refractivity contribution in [2.75, 3.05) is 39.3 Å². The molecule has 1 aliphatic heterocycles. The number of piperazine rings is 1. The number of nitrogens with one attached hydrogen (secondary N) is 1. The summed E-state index contributed by atoms with van der Waals surface area (Å²) in [4.78, 5) is 14.5. The van der Waals surface area contributed by atoms with E-state index in [0.29, 0.717) is 50.1 Å². The average Bonchev–Trinajstić information content (AvgIpc) is 3.45. The van der Waals surface area contributed by atoms with Crippen molar-refractivity contribution in [2.45, 2.75) is 30.7 Å². The fraction of sp³-hybridized carbons (Fsp3) is 0.611. The summed E-state index contributed by atoms with van der Waals surface area (Å²) in [6.07, 6.45) is 2.27. The summed E-state index contributed by atoms with van der Waals surface area (Å²) >= 11 is 0. The molecule has 144 valence electrons. The molecule has 0 radical (unpaired) electrons. The van der Waals surface area contributed by atoms with E-state index in [-0.39, 0.29) is 11.9 Å². The molecule has 3 N–H and O–H groups in total. The zero-order valence-electron chi connectivity index (χ0n) is 15.2. The molecule has 26 heavy (non-hydrogen) atoms. The number of rotatable bonds is 7. The minimum Gasteiger partial charge on any atom is -0.351 e. The van der Waals surface area contributed by atoms with Gasteiger partial charge in [-0.25, -0.2) is 8.42 Å². The zero-order chi connectivity index (χ0) is 18.7. The van der Waals surface area contributed by atoms with Crippen LogP contribution >= 0.6 is 0 Å². The molecule has 0 aromatic heterocycles. The molecule has 1 aromatic rings. The van der Waals surface area contributed by atoms with E-state index in [1.165, 1.54) is 4.31 Å². The van der Waals surface area contributed by atoms with Crippen LogP contribution in [0.2, 0.25) is 0 Å². The summed E-state index contributed by atoms with van der Waals surface area (Å²) in [5.74, 6) is 0.502. The van der Waals surface area contributed by atoms with E-state index in [9.17, 15) is 13.2 Å². The average molecular weight is 381 g/mol. The van der Waals surface area contributed by atoms with E-state index in [1.807, 2.05) is 11.8 Å². The third-order valence-electron chi connectivity index (χ3n) is 5.15. The van der Waals surface area contributed by atoms with Crippen molar-refractivity contribution in [3.05, 3.63) is 29.8 Å². The Hall–Kier alpha value is -1.48. The molecule has 0 spiro atoms. The van der Waals surface area contributed by atoms with Crippen LogP contribution in [0.5, 0.6) is 0 Å². The van der Waals surface area contributed by atoms with E-state index in [1.54, 1.807) is 24.3 Å². The molecule has 3 rings (SSSR count). The Morgan fingerprint density at radius 2 is 1.81 bits per heavy atom. The topological polar surface area (TPSA) is 95.7 Å². The molecule has 2 fully saturated rings. The molecule has 0 bridgehead atoms. The van der Waals surface area contributed by atoms with Crippen LogP contribution < -0.4 is 11.1 Å². The van der Waals surface area contributed by atoms with Crippen LogP contribution in [0.15, 0.2) is 29.2 Å². The monoisotopic (exact) mass is 380 g/mol. The summed E-state index contributed by atoms with van der Waals surface area (Å²) in [6, 6.07) is 6.98. The van der Waals surface area contributed by atoms with E-state index in [0.717, 1.165) is 18.4 Å². The summed E-state index contributed by atoms with van der Waals surface area (Å²) in [5, 5.41) is 3.01. The molecule has 8 heteroatoms. The van der Waals surface area contributed by atoms with Crippen LogP contribution in [0.1, 0.15) is 18.4 Å². The minimum absolute atomic E-state index is 0.0257. The van der Waals surface area contributed by atoms with Crippen molar-refractivity contribution >= 4 is 15.9 Å². The first kappa shape index (κ1) is 19.3. The van der Waals surface area contributed by atoms with E-state index in [2.05, 4.69) is 5.32 Å². The number of nitrogens with two attached hydrogens (primary N) is 1. The molecule has 1 aromatic carbocycles. The van der Waals surface area contributed by atoms with Gasteiger partial charge >= 0.3 is 0 Å². The van der Waals surface area contributed by atoms with Gasteiger partial charge in [0.25, 0.3) is 0 Å². The van der Waals surface area contributed by atoms with Crippen LogP contribution in [0.4, 0.5) is 0 Å². The minimum atomic E-state index is -3.47. The van der Waals surface area contributed by atoms with Gasteiger partial charge in [0.15, 0.2) is 0 Å². The van der Waals surface area contributed by atoms with Crippen molar-refractivity contribution in [3.8, 4) is 0 Å². The maximum absolute atomic E-state index is 12.7. The van der Waals surface area contributed by atoms with Crippen molar-refractivity contribution < 1.29 is 13.2 Å². The maximum atomic E-state index is 12.7. The molecular weight excluding hydrogens is 352 g/mol. The largest absolute Gasteiger partial charge is 0.351 e. The van der Waals surface area contributed by atoms with Crippen LogP contribution in [-0.4, -0.2) is 68.8 Å². The molecule has 1 saturated carbocycles. The third kappa shape index (κ3) is 4.62. The number of hydrogen-bond donors (Lipinski definition) is 2. The SMILES string of the molecule is Cc1ccc(S(=O)(=O)N2CCN(CC(=O)NC(CN)C3CC3)CC2)cc1. The molecule has 1 heterocycles. The number of aryl methyl sites for hydroxylation is 1. The second-order valence-corrected chi connectivity index (χ2v) is 9.18. The van der Waals surface area contributed by atoms with Crippen LogP contribution in [0.25, 0.3) is 0 Å². The van der Waals surface area contributed by atoms with Gasteiger partial charge in [-0.2, -0.15) is 4.31 Å².